The molecule has 1 amide bonds. The summed E-state index contributed by atoms with van der Waals surface area (Å²) in [5.74, 6) is 1.36. The Morgan fingerprint density at radius 2 is 2.23 bits per heavy atom. The molecule has 6 heteroatoms. The molecule has 1 aromatic carbocycles. The van der Waals surface area contributed by atoms with Gasteiger partial charge in [0.1, 0.15) is 11.5 Å². The van der Waals surface area contributed by atoms with E-state index in [0.717, 1.165) is 11.3 Å². The van der Waals surface area contributed by atoms with Gasteiger partial charge in [-0.1, -0.05) is 17.3 Å². The van der Waals surface area contributed by atoms with Crippen molar-refractivity contribution in [2.75, 3.05) is 20.2 Å². The molecule has 0 saturated carbocycles. The first kappa shape index (κ1) is 14.6. The number of likely N-dealkylation sites (tertiary alicyclic amines) is 1. The summed E-state index contributed by atoms with van der Waals surface area (Å²) < 4.78 is 10.2. The van der Waals surface area contributed by atoms with Crippen LogP contribution in [0.1, 0.15) is 27.7 Å². The zero-order valence-electron chi connectivity index (χ0n) is 12.7. The van der Waals surface area contributed by atoms with Gasteiger partial charge < -0.3 is 19.9 Å². The number of carbonyl (C=O) groups is 1. The topological polar surface area (TPSA) is 81.6 Å². The molecule has 1 saturated heterocycles. The number of nitrogens with two attached hydrogens (primary N) is 1. The van der Waals surface area contributed by atoms with E-state index < -0.39 is 0 Å². The maximum atomic E-state index is 12.4. The molecular formula is C16H19N3O3. The largest absolute Gasteiger partial charge is 0.497 e. The van der Waals surface area contributed by atoms with Crippen molar-refractivity contribution in [3.63, 3.8) is 0 Å². The summed E-state index contributed by atoms with van der Waals surface area (Å²) in [4.78, 5) is 14.2. The average molecular weight is 301 g/mol. The van der Waals surface area contributed by atoms with Gasteiger partial charge in [0.2, 0.25) is 0 Å². The molecule has 1 aromatic heterocycles. The van der Waals surface area contributed by atoms with Crippen LogP contribution >= 0.6 is 0 Å². The minimum absolute atomic E-state index is 0.0899. The van der Waals surface area contributed by atoms with Crippen LogP contribution in [0.5, 0.6) is 5.75 Å². The Hall–Kier alpha value is -2.34. The van der Waals surface area contributed by atoms with E-state index in [1.807, 2.05) is 24.3 Å². The summed E-state index contributed by atoms with van der Waals surface area (Å²) in [6, 6.07) is 9.36. The second kappa shape index (κ2) is 5.81. The lowest BCUT2D eigenvalue weighted by atomic mass is 9.95. The fourth-order valence-electron chi connectivity index (χ4n) is 2.85. The van der Waals surface area contributed by atoms with Crippen molar-refractivity contribution < 1.29 is 14.1 Å². The van der Waals surface area contributed by atoms with Gasteiger partial charge in [-0.3, -0.25) is 4.79 Å². The van der Waals surface area contributed by atoms with Crippen LogP contribution in [0.4, 0.5) is 0 Å². The van der Waals surface area contributed by atoms with E-state index in [-0.39, 0.29) is 17.9 Å². The van der Waals surface area contributed by atoms with E-state index in [4.69, 9.17) is 15.0 Å². The molecule has 1 fully saturated rings. The number of aryl methyl sites for hydroxylation is 1. The second-order valence-corrected chi connectivity index (χ2v) is 5.58. The summed E-state index contributed by atoms with van der Waals surface area (Å²) in [6.07, 6.45) is 0. The smallest absolute Gasteiger partial charge is 0.276 e. The van der Waals surface area contributed by atoms with E-state index in [1.165, 1.54) is 0 Å². The Bertz CT molecular complexity index is 683. The third-order valence-electron chi connectivity index (χ3n) is 4.02. The highest BCUT2D eigenvalue weighted by Crippen LogP contribution is 2.29. The number of benzene rings is 1. The third-order valence-corrected chi connectivity index (χ3v) is 4.02. The summed E-state index contributed by atoms with van der Waals surface area (Å²) in [7, 11) is 1.64. The van der Waals surface area contributed by atoms with Crippen molar-refractivity contribution in [3.05, 3.63) is 47.3 Å². The summed E-state index contributed by atoms with van der Waals surface area (Å²) in [5, 5.41) is 3.78. The van der Waals surface area contributed by atoms with Crippen molar-refractivity contribution in [2.45, 2.75) is 18.9 Å². The molecule has 1 aliphatic heterocycles. The number of hydrogen-bond donors (Lipinski definition) is 1. The van der Waals surface area contributed by atoms with Gasteiger partial charge in [0, 0.05) is 31.1 Å². The molecule has 2 atom stereocenters. The van der Waals surface area contributed by atoms with Crippen LogP contribution in [0.3, 0.4) is 0 Å². The van der Waals surface area contributed by atoms with Crippen molar-refractivity contribution >= 4 is 5.91 Å². The molecule has 3 rings (SSSR count). The summed E-state index contributed by atoms with van der Waals surface area (Å²) in [5.41, 5.74) is 7.65. The molecule has 0 spiro atoms. The number of nitrogens with zero attached hydrogens (tertiary/aromatic N) is 2. The van der Waals surface area contributed by atoms with E-state index >= 15 is 0 Å². The predicted molar refractivity (Wildman–Crippen MR) is 80.9 cm³/mol. The fourth-order valence-corrected chi connectivity index (χ4v) is 2.85. The van der Waals surface area contributed by atoms with Crippen LogP contribution in [0.25, 0.3) is 0 Å². The number of aromatic nitrogens is 1. The van der Waals surface area contributed by atoms with Crippen molar-refractivity contribution in [1.82, 2.24) is 10.1 Å². The Morgan fingerprint density at radius 3 is 2.91 bits per heavy atom. The third kappa shape index (κ3) is 2.69. The molecule has 0 unspecified atom stereocenters. The highest BCUT2D eigenvalue weighted by Gasteiger charge is 2.35. The Kier molecular flexibility index (Phi) is 3.85. The number of hydrogen-bond acceptors (Lipinski definition) is 5. The molecule has 2 N–H and O–H groups in total. The summed E-state index contributed by atoms with van der Waals surface area (Å²) in [6.45, 7) is 2.84. The number of rotatable bonds is 3. The lowest BCUT2D eigenvalue weighted by Crippen LogP contribution is -2.32. The molecular weight excluding hydrogens is 282 g/mol. The molecule has 0 bridgehead atoms. The molecule has 2 heterocycles. The van der Waals surface area contributed by atoms with Crippen LogP contribution in [0, 0.1) is 6.92 Å². The van der Waals surface area contributed by atoms with Crippen molar-refractivity contribution in [3.8, 4) is 5.75 Å². The normalized spacial score (nSPS) is 21.1. The van der Waals surface area contributed by atoms with E-state index in [1.54, 1.807) is 25.0 Å². The second-order valence-electron chi connectivity index (χ2n) is 5.58. The highest BCUT2D eigenvalue weighted by atomic mass is 16.5. The van der Waals surface area contributed by atoms with Gasteiger partial charge in [-0.2, -0.15) is 0 Å². The van der Waals surface area contributed by atoms with E-state index in [9.17, 15) is 4.79 Å². The number of amides is 1. The zero-order valence-corrected chi connectivity index (χ0v) is 12.7. The minimum atomic E-state index is -0.141. The van der Waals surface area contributed by atoms with Crippen molar-refractivity contribution in [1.29, 1.82) is 0 Å². The van der Waals surface area contributed by atoms with Crippen LogP contribution in [0.2, 0.25) is 0 Å². The van der Waals surface area contributed by atoms with E-state index in [2.05, 4.69) is 5.16 Å². The van der Waals surface area contributed by atoms with Gasteiger partial charge >= 0.3 is 0 Å². The lowest BCUT2D eigenvalue weighted by Gasteiger charge is -2.16. The highest BCUT2D eigenvalue weighted by molar-refractivity contribution is 5.92. The van der Waals surface area contributed by atoms with Gasteiger partial charge in [0.05, 0.1) is 7.11 Å². The van der Waals surface area contributed by atoms with Crippen LogP contribution in [-0.4, -0.2) is 42.2 Å². The van der Waals surface area contributed by atoms with Gasteiger partial charge in [0.25, 0.3) is 5.91 Å². The van der Waals surface area contributed by atoms with Gasteiger partial charge in [0.15, 0.2) is 5.69 Å². The number of ether oxygens (including phenoxy) is 1. The number of methoxy groups -OCH3 is 1. The quantitative estimate of drug-likeness (QED) is 0.930. The first-order valence-corrected chi connectivity index (χ1v) is 7.20. The first-order chi connectivity index (χ1) is 10.6. The van der Waals surface area contributed by atoms with Gasteiger partial charge in [-0.15, -0.1) is 0 Å². The molecule has 2 aromatic rings. The molecule has 0 radical (unpaired) electrons. The molecule has 0 aliphatic carbocycles. The van der Waals surface area contributed by atoms with Crippen LogP contribution < -0.4 is 10.5 Å². The van der Waals surface area contributed by atoms with Crippen molar-refractivity contribution in [2.24, 2.45) is 5.73 Å². The minimum Gasteiger partial charge on any atom is -0.497 e. The van der Waals surface area contributed by atoms with Gasteiger partial charge in [-0.05, 0) is 24.6 Å². The van der Waals surface area contributed by atoms with Gasteiger partial charge in [-0.25, -0.2) is 0 Å². The number of carbonyl (C=O) groups excluding carboxylic acids is 1. The predicted octanol–water partition coefficient (Wildman–Crippen LogP) is 1.56. The average Bonchev–Trinajstić information content (AvgIpc) is 3.13. The molecule has 116 valence electrons. The molecule has 6 nitrogen and oxygen atoms in total. The fraction of sp³-hybridized carbons (Fsp3) is 0.375. The zero-order chi connectivity index (χ0) is 15.7. The van der Waals surface area contributed by atoms with Crippen LogP contribution in [-0.2, 0) is 0 Å². The van der Waals surface area contributed by atoms with E-state index in [0.29, 0.717) is 24.5 Å². The molecule has 22 heavy (non-hydrogen) atoms. The Morgan fingerprint density at radius 1 is 1.41 bits per heavy atom. The Labute approximate surface area is 128 Å². The maximum Gasteiger partial charge on any atom is 0.276 e. The Balaban J connectivity index is 1.78. The SMILES string of the molecule is COc1cccc([C@H]2CN(C(=O)c3cc(C)on3)C[C@@H]2N)c1. The van der Waals surface area contributed by atoms with Crippen LogP contribution in [0.15, 0.2) is 34.9 Å². The monoisotopic (exact) mass is 301 g/mol. The molecule has 1 aliphatic rings. The standard InChI is InChI=1S/C16H19N3O3/c1-10-6-15(18-22-10)16(20)19-8-13(14(17)9-19)11-4-3-5-12(7-11)21-2/h3-7,13-14H,8-9,17H2,1-2H3/t13-,14+/m1/s1. The summed E-state index contributed by atoms with van der Waals surface area (Å²) >= 11 is 0. The maximum absolute atomic E-state index is 12.4. The first-order valence-electron chi connectivity index (χ1n) is 7.20. The lowest BCUT2D eigenvalue weighted by molar-refractivity contribution is 0.0779.